The molecule has 0 saturated heterocycles. The van der Waals surface area contributed by atoms with Crippen LogP contribution in [0.5, 0.6) is 0 Å². The van der Waals surface area contributed by atoms with Gasteiger partial charge in [-0.15, -0.1) is 0 Å². The number of unbranched alkanes of at least 4 members (excludes halogenated alkanes) is 7. The minimum absolute atomic E-state index is 0.188. The van der Waals surface area contributed by atoms with E-state index in [1.807, 2.05) is 13.8 Å². The van der Waals surface area contributed by atoms with Gasteiger partial charge >= 0.3 is 5.97 Å². The third-order valence-electron chi connectivity index (χ3n) is 3.54. The molecular weight excluding hydrogens is 224 g/mol. The molecule has 0 atom stereocenters. The first-order chi connectivity index (χ1) is 8.63. The SMILES string of the molecule is CCCCCCCCCCC(C)=C(C)C(=O)OC. The van der Waals surface area contributed by atoms with Crippen molar-refractivity contribution in [1.29, 1.82) is 0 Å². The highest BCUT2D eigenvalue weighted by atomic mass is 16.5. The first-order valence-corrected chi connectivity index (χ1v) is 7.38. The largest absolute Gasteiger partial charge is 0.466 e. The zero-order valence-corrected chi connectivity index (χ0v) is 12.7. The summed E-state index contributed by atoms with van der Waals surface area (Å²) in [5, 5.41) is 0. The summed E-state index contributed by atoms with van der Waals surface area (Å²) in [5.41, 5.74) is 1.95. The molecule has 0 spiro atoms. The van der Waals surface area contributed by atoms with Gasteiger partial charge in [0, 0.05) is 5.57 Å². The molecule has 2 heteroatoms. The second-order valence-corrected chi connectivity index (χ2v) is 5.12. The van der Waals surface area contributed by atoms with Crippen molar-refractivity contribution in [2.75, 3.05) is 7.11 Å². The van der Waals surface area contributed by atoms with E-state index in [2.05, 4.69) is 6.92 Å². The molecule has 0 unspecified atom stereocenters. The molecule has 106 valence electrons. The van der Waals surface area contributed by atoms with Crippen LogP contribution in [0.25, 0.3) is 0 Å². The second kappa shape index (κ2) is 11.3. The summed E-state index contributed by atoms with van der Waals surface area (Å²) in [6.45, 7) is 6.14. The average molecular weight is 254 g/mol. The van der Waals surface area contributed by atoms with Crippen molar-refractivity contribution in [3.8, 4) is 0 Å². The summed E-state index contributed by atoms with van der Waals surface area (Å²) in [6.07, 6.45) is 11.6. The molecule has 0 saturated carbocycles. The molecule has 0 aromatic rings. The summed E-state index contributed by atoms with van der Waals surface area (Å²) < 4.78 is 4.72. The highest BCUT2D eigenvalue weighted by Gasteiger charge is 2.06. The molecule has 0 heterocycles. The fourth-order valence-electron chi connectivity index (χ4n) is 2.04. The summed E-state index contributed by atoms with van der Waals surface area (Å²) in [7, 11) is 1.44. The van der Waals surface area contributed by atoms with Gasteiger partial charge in [0.1, 0.15) is 0 Å². The quantitative estimate of drug-likeness (QED) is 0.310. The van der Waals surface area contributed by atoms with Crippen LogP contribution in [0.4, 0.5) is 0 Å². The molecule has 0 bridgehead atoms. The van der Waals surface area contributed by atoms with E-state index in [1.54, 1.807) is 0 Å². The number of carbonyl (C=O) groups excluding carboxylic acids is 1. The fraction of sp³-hybridized carbons (Fsp3) is 0.812. The predicted octanol–water partition coefficient (Wildman–Crippen LogP) is 5.03. The Morgan fingerprint density at radius 3 is 1.89 bits per heavy atom. The zero-order chi connectivity index (χ0) is 13.8. The van der Waals surface area contributed by atoms with Crippen LogP contribution >= 0.6 is 0 Å². The molecule has 0 fully saturated rings. The number of allylic oxidation sites excluding steroid dienone is 1. The van der Waals surface area contributed by atoms with Crippen molar-refractivity contribution < 1.29 is 9.53 Å². The Kier molecular flexibility index (Phi) is 10.8. The van der Waals surface area contributed by atoms with E-state index in [1.165, 1.54) is 64.0 Å². The van der Waals surface area contributed by atoms with Crippen LogP contribution in [-0.4, -0.2) is 13.1 Å². The fourth-order valence-corrected chi connectivity index (χ4v) is 2.04. The Morgan fingerprint density at radius 1 is 0.889 bits per heavy atom. The Hall–Kier alpha value is -0.790. The molecule has 0 aliphatic carbocycles. The normalized spacial score (nSPS) is 12.2. The van der Waals surface area contributed by atoms with E-state index >= 15 is 0 Å². The van der Waals surface area contributed by atoms with Crippen LogP contribution < -0.4 is 0 Å². The van der Waals surface area contributed by atoms with E-state index in [0.29, 0.717) is 0 Å². The summed E-state index contributed by atoms with van der Waals surface area (Å²) in [5.74, 6) is -0.188. The van der Waals surface area contributed by atoms with Crippen molar-refractivity contribution >= 4 is 5.97 Å². The lowest BCUT2D eigenvalue weighted by atomic mass is 10.0. The maximum absolute atomic E-state index is 11.3. The van der Waals surface area contributed by atoms with Gasteiger partial charge in [0.25, 0.3) is 0 Å². The molecule has 18 heavy (non-hydrogen) atoms. The van der Waals surface area contributed by atoms with E-state index < -0.39 is 0 Å². The van der Waals surface area contributed by atoms with Crippen LogP contribution in [-0.2, 0) is 9.53 Å². The lowest BCUT2D eigenvalue weighted by Crippen LogP contribution is -2.03. The van der Waals surface area contributed by atoms with Gasteiger partial charge in [0.05, 0.1) is 7.11 Å². The molecule has 0 aromatic heterocycles. The van der Waals surface area contributed by atoms with Gasteiger partial charge in [-0.3, -0.25) is 0 Å². The molecule has 0 aliphatic heterocycles. The Balaban J connectivity index is 3.57. The molecule has 0 N–H and O–H groups in total. The third-order valence-corrected chi connectivity index (χ3v) is 3.54. The van der Waals surface area contributed by atoms with Crippen LogP contribution in [0.1, 0.15) is 78.6 Å². The lowest BCUT2D eigenvalue weighted by Gasteiger charge is -2.06. The molecule has 2 nitrogen and oxygen atoms in total. The van der Waals surface area contributed by atoms with Gasteiger partial charge < -0.3 is 4.74 Å². The van der Waals surface area contributed by atoms with E-state index in [9.17, 15) is 4.79 Å². The van der Waals surface area contributed by atoms with Gasteiger partial charge in [-0.2, -0.15) is 0 Å². The van der Waals surface area contributed by atoms with Gasteiger partial charge in [0.15, 0.2) is 0 Å². The minimum Gasteiger partial charge on any atom is -0.466 e. The topological polar surface area (TPSA) is 26.3 Å². The van der Waals surface area contributed by atoms with Gasteiger partial charge in [-0.1, -0.05) is 57.4 Å². The average Bonchev–Trinajstić information content (AvgIpc) is 2.39. The highest BCUT2D eigenvalue weighted by Crippen LogP contribution is 2.15. The minimum atomic E-state index is -0.188. The standard InChI is InChI=1S/C16H30O2/c1-5-6-7-8-9-10-11-12-13-14(2)15(3)16(17)18-4/h5-13H2,1-4H3. The van der Waals surface area contributed by atoms with E-state index in [0.717, 1.165) is 12.0 Å². The van der Waals surface area contributed by atoms with E-state index in [4.69, 9.17) is 4.74 Å². The second-order valence-electron chi connectivity index (χ2n) is 5.12. The third kappa shape index (κ3) is 8.32. The Labute approximate surface area is 113 Å². The molecule has 0 aliphatic rings. The van der Waals surface area contributed by atoms with Crippen molar-refractivity contribution in [1.82, 2.24) is 0 Å². The molecule has 0 radical (unpaired) electrons. The first kappa shape index (κ1) is 17.2. The summed E-state index contributed by atoms with van der Waals surface area (Å²) in [4.78, 5) is 11.3. The number of ether oxygens (including phenoxy) is 1. The molecule has 0 amide bonds. The predicted molar refractivity (Wildman–Crippen MR) is 77.6 cm³/mol. The smallest absolute Gasteiger partial charge is 0.333 e. The number of rotatable bonds is 10. The lowest BCUT2D eigenvalue weighted by molar-refractivity contribution is -0.136. The molecule has 0 rings (SSSR count). The van der Waals surface area contributed by atoms with Crippen LogP contribution in [0.15, 0.2) is 11.1 Å². The van der Waals surface area contributed by atoms with Crippen LogP contribution in [0, 0.1) is 0 Å². The monoisotopic (exact) mass is 254 g/mol. The number of esters is 1. The van der Waals surface area contributed by atoms with Gasteiger partial charge in [0.2, 0.25) is 0 Å². The van der Waals surface area contributed by atoms with Gasteiger partial charge in [-0.05, 0) is 26.7 Å². The van der Waals surface area contributed by atoms with E-state index in [-0.39, 0.29) is 5.97 Å². The van der Waals surface area contributed by atoms with Crippen molar-refractivity contribution in [2.24, 2.45) is 0 Å². The Morgan fingerprint density at radius 2 is 1.39 bits per heavy atom. The number of carbonyl (C=O) groups is 1. The van der Waals surface area contributed by atoms with Crippen molar-refractivity contribution in [3.05, 3.63) is 11.1 Å². The van der Waals surface area contributed by atoms with Crippen molar-refractivity contribution in [3.63, 3.8) is 0 Å². The summed E-state index contributed by atoms with van der Waals surface area (Å²) >= 11 is 0. The maximum Gasteiger partial charge on any atom is 0.333 e. The van der Waals surface area contributed by atoms with Crippen LogP contribution in [0.3, 0.4) is 0 Å². The summed E-state index contributed by atoms with van der Waals surface area (Å²) in [6, 6.07) is 0. The molecule has 0 aromatic carbocycles. The van der Waals surface area contributed by atoms with Crippen LogP contribution in [0.2, 0.25) is 0 Å². The number of methoxy groups -OCH3 is 1. The van der Waals surface area contributed by atoms with Crippen molar-refractivity contribution in [2.45, 2.75) is 78.6 Å². The molecular formula is C16H30O2. The Bertz CT molecular complexity index is 254. The zero-order valence-electron chi connectivity index (χ0n) is 12.7. The highest BCUT2D eigenvalue weighted by molar-refractivity contribution is 5.88. The number of hydrogen-bond donors (Lipinski definition) is 0. The first-order valence-electron chi connectivity index (χ1n) is 7.38. The van der Waals surface area contributed by atoms with Gasteiger partial charge in [-0.25, -0.2) is 4.79 Å². The number of hydrogen-bond acceptors (Lipinski definition) is 2. The maximum atomic E-state index is 11.3.